The molecule has 0 spiro atoms. The van der Waals surface area contributed by atoms with Gasteiger partial charge in [-0.15, -0.1) is 11.3 Å². The van der Waals surface area contributed by atoms with Gasteiger partial charge in [-0.3, -0.25) is 4.79 Å². The molecule has 0 bridgehead atoms. The zero-order chi connectivity index (χ0) is 13.1. The summed E-state index contributed by atoms with van der Waals surface area (Å²) >= 11 is 3.15. The molecule has 0 radical (unpaired) electrons. The molecule has 0 aliphatic rings. The van der Waals surface area contributed by atoms with Crippen LogP contribution in [0, 0.1) is 0 Å². The fourth-order valence-electron chi connectivity index (χ4n) is 1.08. The first-order valence-electron chi connectivity index (χ1n) is 5.31. The number of thioether (sulfide) groups is 1. The summed E-state index contributed by atoms with van der Waals surface area (Å²) in [4.78, 5) is 15.1. The van der Waals surface area contributed by atoms with Crippen LogP contribution in [-0.2, 0) is 16.0 Å². The minimum atomic E-state index is -0.953. The molecule has 1 rings (SSSR count). The van der Waals surface area contributed by atoms with Gasteiger partial charge in [0.2, 0.25) is 0 Å². The predicted molar refractivity (Wildman–Crippen MR) is 72.6 cm³/mol. The number of hydrogen-bond acceptors (Lipinski definition) is 5. The van der Waals surface area contributed by atoms with Gasteiger partial charge in [-0.2, -0.15) is 11.8 Å². The molecule has 1 aromatic rings. The standard InChI is InChI=1S/C11H18N2O2S2/c1-11(2,3)10-13-7(5-17-10)4-16-6-8(12)9(14)15/h5,8H,4,6,12H2,1-3H3,(H,14,15)/t8-/m0/s1. The monoisotopic (exact) mass is 274 g/mol. The van der Waals surface area contributed by atoms with Gasteiger partial charge in [0.25, 0.3) is 0 Å². The summed E-state index contributed by atoms with van der Waals surface area (Å²) in [7, 11) is 0. The zero-order valence-corrected chi connectivity index (χ0v) is 11.9. The molecule has 4 nitrogen and oxygen atoms in total. The Bertz CT molecular complexity index is 385. The minimum absolute atomic E-state index is 0.0745. The predicted octanol–water partition coefficient (Wildman–Crippen LogP) is 2.09. The maximum absolute atomic E-state index is 10.5. The van der Waals surface area contributed by atoms with Crippen molar-refractivity contribution in [2.75, 3.05) is 5.75 Å². The molecule has 3 N–H and O–H groups in total. The molecular weight excluding hydrogens is 256 g/mol. The van der Waals surface area contributed by atoms with E-state index >= 15 is 0 Å². The van der Waals surface area contributed by atoms with Gasteiger partial charge in [0.05, 0.1) is 10.7 Å². The van der Waals surface area contributed by atoms with E-state index < -0.39 is 12.0 Å². The van der Waals surface area contributed by atoms with Gasteiger partial charge in [-0.25, -0.2) is 4.98 Å². The lowest BCUT2D eigenvalue weighted by molar-refractivity contribution is -0.137. The molecule has 1 aromatic heterocycles. The van der Waals surface area contributed by atoms with Gasteiger partial charge in [-0.05, 0) is 0 Å². The number of hydrogen-bond donors (Lipinski definition) is 2. The number of aromatic nitrogens is 1. The van der Waals surface area contributed by atoms with Crippen LogP contribution in [0.5, 0.6) is 0 Å². The van der Waals surface area contributed by atoms with Crippen molar-refractivity contribution in [3.05, 3.63) is 16.1 Å². The fraction of sp³-hybridized carbons (Fsp3) is 0.636. The van der Waals surface area contributed by atoms with E-state index in [4.69, 9.17) is 10.8 Å². The Morgan fingerprint density at radius 2 is 2.29 bits per heavy atom. The van der Waals surface area contributed by atoms with Crippen LogP contribution in [-0.4, -0.2) is 27.9 Å². The number of rotatable bonds is 5. The lowest BCUT2D eigenvalue weighted by Gasteiger charge is -2.13. The van der Waals surface area contributed by atoms with Crippen LogP contribution in [0.4, 0.5) is 0 Å². The second-order valence-corrected chi connectivity index (χ2v) is 6.74. The van der Waals surface area contributed by atoms with E-state index in [0.717, 1.165) is 10.7 Å². The molecule has 0 saturated carbocycles. The third-order valence-corrected chi connectivity index (χ3v) is 4.47. The number of thiazole rings is 1. The summed E-state index contributed by atoms with van der Waals surface area (Å²) in [6, 6.07) is -0.791. The van der Waals surface area contributed by atoms with Crippen molar-refractivity contribution in [3.63, 3.8) is 0 Å². The summed E-state index contributed by atoms with van der Waals surface area (Å²) in [5, 5.41) is 11.8. The van der Waals surface area contributed by atoms with Gasteiger partial charge in [-0.1, -0.05) is 20.8 Å². The average molecular weight is 274 g/mol. The van der Waals surface area contributed by atoms with E-state index in [9.17, 15) is 4.79 Å². The highest BCUT2D eigenvalue weighted by Gasteiger charge is 2.18. The number of carbonyl (C=O) groups is 1. The minimum Gasteiger partial charge on any atom is -0.480 e. The molecule has 0 saturated heterocycles. The molecule has 0 amide bonds. The van der Waals surface area contributed by atoms with Crippen LogP contribution < -0.4 is 5.73 Å². The Kier molecular flexibility index (Phi) is 4.97. The first-order chi connectivity index (χ1) is 7.80. The highest BCUT2D eigenvalue weighted by molar-refractivity contribution is 7.98. The molecule has 0 fully saturated rings. The van der Waals surface area contributed by atoms with Crippen LogP contribution in [0.15, 0.2) is 5.38 Å². The molecule has 0 aromatic carbocycles. The van der Waals surface area contributed by atoms with E-state index in [-0.39, 0.29) is 5.41 Å². The van der Waals surface area contributed by atoms with Crippen molar-refractivity contribution in [1.82, 2.24) is 4.98 Å². The Morgan fingerprint density at radius 3 is 2.76 bits per heavy atom. The molecular formula is C11H18N2O2S2. The highest BCUT2D eigenvalue weighted by atomic mass is 32.2. The second kappa shape index (κ2) is 5.84. The summed E-state index contributed by atoms with van der Waals surface area (Å²) in [5.41, 5.74) is 6.49. The van der Waals surface area contributed by atoms with E-state index in [2.05, 4.69) is 25.8 Å². The second-order valence-electron chi connectivity index (χ2n) is 4.85. The van der Waals surface area contributed by atoms with Crippen LogP contribution in [0.1, 0.15) is 31.5 Å². The third-order valence-electron chi connectivity index (χ3n) is 2.06. The first kappa shape index (κ1) is 14.5. The molecule has 0 aliphatic heterocycles. The lowest BCUT2D eigenvalue weighted by Crippen LogP contribution is -2.32. The number of nitrogens with zero attached hydrogens (tertiary/aromatic N) is 1. The van der Waals surface area contributed by atoms with Gasteiger partial charge in [0.15, 0.2) is 0 Å². The van der Waals surface area contributed by atoms with Crippen molar-refractivity contribution in [3.8, 4) is 0 Å². The van der Waals surface area contributed by atoms with Crippen LogP contribution in [0.25, 0.3) is 0 Å². The molecule has 1 heterocycles. The van der Waals surface area contributed by atoms with Crippen LogP contribution >= 0.6 is 23.1 Å². The van der Waals surface area contributed by atoms with E-state index in [1.165, 1.54) is 11.8 Å². The SMILES string of the molecule is CC(C)(C)c1nc(CSC[C@H](N)C(=O)O)cs1. The Labute approximate surface area is 110 Å². The van der Waals surface area contributed by atoms with Crippen LogP contribution in [0.3, 0.4) is 0 Å². The van der Waals surface area contributed by atoms with Gasteiger partial charge < -0.3 is 10.8 Å². The Hall–Kier alpha value is -0.590. The van der Waals surface area contributed by atoms with Crippen LogP contribution in [0.2, 0.25) is 0 Å². The Balaban J connectivity index is 2.43. The van der Waals surface area contributed by atoms with Crippen molar-refractivity contribution >= 4 is 29.1 Å². The zero-order valence-electron chi connectivity index (χ0n) is 10.3. The topological polar surface area (TPSA) is 76.2 Å². The first-order valence-corrected chi connectivity index (χ1v) is 7.35. The van der Waals surface area contributed by atoms with Crippen molar-refractivity contribution < 1.29 is 9.90 Å². The molecule has 6 heteroatoms. The number of aliphatic carboxylic acids is 1. The van der Waals surface area contributed by atoms with E-state index in [0.29, 0.717) is 11.5 Å². The lowest BCUT2D eigenvalue weighted by atomic mass is 9.98. The number of carboxylic acid groups (broad SMARTS) is 1. The average Bonchev–Trinajstić information content (AvgIpc) is 2.65. The molecule has 0 unspecified atom stereocenters. The van der Waals surface area contributed by atoms with E-state index in [1.54, 1.807) is 11.3 Å². The maximum Gasteiger partial charge on any atom is 0.321 e. The Morgan fingerprint density at radius 1 is 1.65 bits per heavy atom. The van der Waals surface area contributed by atoms with Gasteiger partial charge >= 0.3 is 5.97 Å². The summed E-state index contributed by atoms with van der Waals surface area (Å²) in [6.07, 6.45) is 0. The maximum atomic E-state index is 10.5. The number of nitrogens with two attached hydrogens (primary N) is 1. The molecule has 1 atom stereocenters. The summed E-state index contributed by atoms with van der Waals surface area (Å²) in [5.74, 6) is 0.178. The summed E-state index contributed by atoms with van der Waals surface area (Å²) < 4.78 is 0. The van der Waals surface area contributed by atoms with Gasteiger partial charge in [0.1, 0.15) is 6.04 Å². The van der Waals surface area contributed by atoms with Crippen molar-refractivity contribution in [2.24, 2.45) is 5.73 Å². The smallest absolute Gasteiger partial charge is 0.321 e. The fourth-order valence-corrected chi connectivity index (χ4v) is 2.96. The summed E-state index contributed by atoms with van der Waals surface area (Å²) in [6.45, 7) is 6.38. The number of carboxylic acids is 1. The normalized spacial score (nSPS) is 13.6. The largest absolute Gasteiger partial charge is 0.480 e. The quantitative estimate of drug-likeness (QED) is 0.859. The molecule has 17 heavy (non-hydrogen) atoms. The van der Waals surface area contributed by atoms with Crippen molar-refractivity contribution in [2.45, 2.75) is 38.0 Å². The van der Waals surface area contributed by atoms with Gasteiger partial charge in [0, 0.05) is 22.3 Å². The van der Waals surface area contributed by atoms with Crippen molar-refractivity contribution in [1.29, 1.82) is 0 Å². The highest BCUT2D eigenvalue weighted by Crippen LogP contribution is 2.26. The molecule has 96 valence electrons. The third kappa shape index (κ3) is 4.65. The molecule has 0 aliphatic carbocycles. The van der Waals surface area contributed by atoms with E-state index in [1.807, 2.05) is 5.38 Å².